The Morgan fingerprint density at radius 2 is 2.00 bits per heavy atom. The van der Waals surface area contributed by atoms with E-state index in [1.165, 1.54) is 6.07 Å². The van der Waals surface area contributed by atoms with Crippen molar-refractivity contribution in [2.75, 3.05) is 38.3 Å². The zero-order valence-electron chi connectivity index (χ0n) is 12.1. The van der Waals surface area contributed by atoms with Crippen LogP contribution in [0.2, 0.25) is 0 Å². The zero-order chi connectivity index (χ0) is 16.2. The van der Waals surface area contributed by atoms with Gasteiger partial charge in [0.2, 0.25) is 0 Å². The second-order valence-corrected chi connectivity index (χ2v) is 4.82. The molecular weight excluding hydrogens is 297 g/mol. The summed E-state index contributed by atoms with van der Waals surface area (Å²) in [6.07, 6.45) is -2.82. The van der Waals surface area contributed by atoms with Crippen molar-refractivity contribution in [3.63, 3.8) is 0 Å². The van der Waals surface area contributed by atoms with Gasteiger partial charge in [-0.25, -0.2) is 0 Å². The van der Waals surface area contributed by atoms with Crippen molar-refractivity contribution in [1.29, 1.82) is 0 Å². The van der Waals surface area contributed by atoms with Gasteiger partial charge in [-0.15, -0.1) is 0 Å². The highest BCUT2D eigenvalue weighted by Crippen LogP contribution is 2.33. The number of anilines is 1. The fourth-order valence-electron chi connectivity index (χ4n) is 2.13. The number of alkyl halides is 3. The van der Waals surface area contributed by atoms with E-state index in [0.717, 1.165) is 12.1 Å². The third-order valence-corrected chi connectivity index (χ3v) is 3.26. The predicted octanol–water partition coefficient (Wildman–Crippen LogP) is 2.70. The molecule has 1 aromatic heterocycles. The first kappa shape index (κ1) is 16.5. The summed E-state index contributed by atoms with van der Waals surface area (Å²) in [6.45, 7) is 1.05. The molecule has 1 aromatic carbocycles. The Kier molecular flexibility index (Phi) is 5.20. The number of rotatable bonds is 6. The number of pyridine rings is 1. The van der Waals surface area contributed by atoms with E-state index in [4.69, 9.17) is 9.84 Å². The van der Waals surface area contributed by atoms with Gasteiger partial charge in [-0.3, -0.25) is 4.98 Å². The minimum atomic E-state index is -4.38. The summed E-state index contributed by atoms with van der Waals surface area (Å²) in [5, 5.41) is 9.09. The molecule has 0 saturated heterocycles. The van der Waals surface area contributed by atoms with Crippen molar-refractivity contribution >= 4 is 16.6 Å². The molecule has 7 heteroatoms. The molecule has 0 bridgehead atoms. The minimum absolute atomic E-state index is 0.0587. The van der Waals surface area contributed by atoms with Gasteiger partial charge < -0.3 is 14.7 Å². The van der Waals surface area contributed by atoms with Crippen LogP contribution in [0.4, 0.5) is 18.9 Å². The van der Waals surface area contributed by atoms with Crippen molar-refractivity contribution in [3.05, 3.63) is 36.0 Å². The molecule has 2 aromatic rings. The van der Waals surface area contributed by atoms with E-state index in [2.05, 4.69) is 4.98 Å². The van der Waals surface area contributed by atoms with Crippen LogP contribution in [0.3, 0.4) is 0 Å². The van der Waals surface area contributed by atoms with Crippen LogP contribution in [0, 0.1) is 0 Å². The molecule has 1 N–H and O–H groups in total. The molecule has 120 valence electrons. The summed E-state index contributed by atoms with van der Waals surface area (Å²) in [6, 6.07) is 5.19. The molecule has 22 heavy (non-hydrogen) atoms. The van der Waals surface area contributed by atoms with Crippen LogP contribution >= 0.6 is 0 Å². The van der Waals surface area contributed by atoms with Gasteiger partial charge in [0.15, 0.2) is 0 Å². The number of likely N-dealkylation sites (N-methyl/N-ethyl adjacent to an activating group) is 1. The molecule has 0 saturated carbocycles. The monoisotopic (exact) mass is 314 g/mol. The standard InChI is InChI=1S/C15H17F3N2O2/c1-20(6-8-22-9-7-21)14-4-5-19-13-3-2-11(10-12(13)14)15(16,17)18/h2-5,10,21H,6-9H2,1H3. The molecule has 0 atom stereocenters. The van der Waals surface area contributed by atoms with Crippen LogP contribution in [0.1, 0.15) is 5.56 Å². The Morgan fingerprint density at radius 1 is 1.23 bits per heavy atom. The second kappa shape index (κ2) is 6.93. The summed E-state index contributed by atoms with van der Waals surface area (Å²) in [7, 11) is 1.78. The largest absolute Gasteiger partial charge is 0.416 e. The maximum atomic E-state index is 12.9. The Bertz CT molecular complexity index is 632. The van der Waals surface area contributed by atoms with Gasteiger partial charge in [0.1, 0.15) is 0 Å². The molecule has 0 aliphatic heterocycles. The fourth-order valence-corrected chi connectivity index (χ4v) is 2.13. The molecule has 0 radical (unpaired) electrons. The van der Waals surface area contributed by atoms with E-state index in [-0.39, 0.29) is 13.2 Å². The number of ether oxygens (including phenoxy) is 1. The molecule has 0 aliphatic rings. The number of nitrogens with zero attached hydrogens (tertiary/aromatic N) is 2. The maximum Gasteiger partial charge on any atom is 0.416 e. The van der Waals surface area contributed by atoms with Gasteiger partial charge in [-0.05, 0) is 24.3 Å². The van der Waals surface area contributed by atoms with Crippen LogP contribution in [0.5, 0.6) is 0 Å². The van der Waals surface area contributed by atoms with Crippen LogP contribution in [0.15, 0.2) is 30.5 Å². The van der Waals surface area contributed by atoms with Crippen molar-refractivity contribution < 1.29 is 23.0 Å². The average molecular weight is 314 g/mol. The summed E-state index contributed by atoms with van der Waals surface area (Å²) < 4.78 is 43.8. The number of hydrogen-bond donors (Lipinski definition) is 1. The lowest BCUT2D eigenvalue weighted by Gasteiger charge is -2.21. The summed E-state index contributed by atoms with van der Waals surface area (Å²) >= 11 is 0. The third kappa shape index (κ3) is 3.86. The third-order valence-electron chi connectivity index (χ3n) is 3.26. The smallest absolute Gasteiger partial charge is 0.394 e. The Hall–Kier alpha value is -1.86. The van der Waals surface area contributed by atoms with Gasteiger partial charge in [-0.1, -0.05) is 0 Å². The minimum Gasteiger partial charge on any atom is -0.394 e. The number of halogens is 3. The highest BCUT2D eigenvalue weighted by Gasteiger charge is 2.30. The van der Waals surface area contributed by atoms with Crippen LogP contribution in [-0.4, -0.2) is 43.5 Å². The Labute approximate surface area is 126 Å². The summed E-state index contributed by atoms with van der Waals surface area (Å²) in [5.74, 6) is 0. The fraction of sp³-hybridized carbons (Fsp3) is 0.400. The van der Waals surface area contributed by atoms with Crippen molar-refractivity contribution in [2.45, 2.75) is 6.18 Å². The first-order valence-corrected chi connectivity index (χ1v) is 6.79. The van der Waals surface area contributed by atoms with Crippen molar-refractivity contribution in [1.82, 2.24) is 4.98 Å². The number of fused-ring (bicyclic) bond motifs is 1. The second-order valence-electron chi connectivity index (χ2n) is 4.82. The van der Waals surface area contributed by atoms with E-state index in [1.807, 2.05) is 4.90 Å². The molecule has 0 spiro atoms. The van der Waals surface area contributed by atoms with E-state index < -0.39 is 11.7 Å². The number of aliphatic hydroxyl groups excluding tert-OH is 1. The molecule has 1 heterocycles. The predicted molar refractivity (Wildman–Crippen MR) is 77.9 cm³/mol. The lowest BCUT2D eigenvalue weighted by atomic mass is 10.1. The van der Waals surface area contributed by atoms with Gasteiger partial charge in [0.05, 0.1) is 30.9 Å². The van der Waals surface area contributed by atoms with Gasteiger partial charge in [0.25, 0.3) is 0 Å². The lowest BCUT2D eigenvalue weighted by molar-refractivity contribution is -0.137. The van der Waals surface area contributed by atoms with E-state index >= 15 is 0 Å². The average Bonchev–Trinajstić information content (AvgIpc) is 2.49. The van der Waals surface area contributed by atoms with E-state index in [1.54, 1.807) is 19.3 Å². The number of hydrogen-bond acceptors (Lipinski definition) is 4. The topological polar surface area (TPSA) is 45.6 Å². The van der Waals surface area contributed by atoms with Gasteiger partial charge >= 0.3 is 6.18 Å². The van der Waals surface area contributed by atoms with E-state index in [9.17, 15) is 13.2 Å². The van der Waals surface area contributed by atoms with Crippen molar-refractivity contribution in [3.8, 4) is 0 Å². The summed E-state index contributed by atoms with van der Waals surface area (Å²) in [5.41, 5.74) is 0.469. The number of benzene rings is 1. The van der Waals surface area contributed by atoms with Gasteiger partial charge in [-0.2, -0.15) is 13.2 Å². The highest BCUT2D eigenvalue weighted by atomic mass is 19.4. The van der Waals surface area contributed by atoms with Crippen LogP contribution in [0.25, 0.3) is 10.9 Å². The first-order valence-electron chi connectivity index (χ1n) is 6.79. The lowest BCUT2D eigenvalue weighted by Crippen LogP contribution is -2.23. The molecule has 0 aliphatic carbocycles. The van der Waals surface area contributed by atoms with Crippen LogP contribution < -0.4 is 4.90 Å². The van der Waals surface area contributed by atoms with Crippen molar-refractivity contribution in [2.24, 2.45) is 0 Å². The highest BCUT2D eigenvalue weighted by molar-refractivity contribution is 5.92. The van der Waals surface area contributed by atoms with Gasteiger partial charge in [0, 0.05) is 30.9 Å². The molecule has 0 amide bonds. The molecule has 2 rings (SSSR count). The zero-order valence-corrected chi connectivity index (χ0v) is 12.1. The number of aliphatic hydroxyl groups is 1. The molecule has 0 unspecified atom stereocenters. The quantitative estimate of drug-likeness (QED) is 0.833. The Morgan fingerprint density at radius 3 is 2.68 bits per heavy atom. The summed E-state index contributed by atoms with van der Waals surface area (Å²) in [4.78, 5) is 5.91. The molecular formula is C15H17F3N2O2. The molecule has 0 fully saturated rings. The van der Waals surface area contributed by atoms with E-state index in [0.29, 0.717) is 29.7 Å². The molecule has 4 nitrogen and oxygen atoms in total. The van der Waals surface area contributed by atoms with Crippen LogP contribution in [-0.2, 0) is 10.9 Å². The normalized spacial score (nSPS) is 11.9. The maximum absolute atomic E-state index is 12.9. The SMILES string of the molecule is CN(CCOCCO)c1ccnc2ccc(C(F)(F)F)cc12. The number of aromatic nitrogens is 1. The first-order chi connectivity index (χ1) is 10.4. The Balaban J connectivity index is 2.28.